The molecule has 9 heteroatoms. The van der Waals surface area contributed by atoms with E-state index in [-0.39, 0.29) is 43.2 Å². The topological polar surface area (TPSA) is 121 Å². The summed E-state index contributed by atoms with van der Waals surface area (Å²) in [7, 11) is 1.63. The van der Waals surface area contributed by atoms with Gasteiger partial charge in [-0.2, -0.15) is 4.98 Å². The summed E-state index contributed by atoms with van der Waals surface area (Å²) >= 11 is 0. The van der Waals surface area contributed by atoms with E-state index in [1.807, 2.05) is 42.5 Å². The number of rotatable bonds is 8. The first-order valence-electron chi connectivity index (χ1n) is 10.4. The maximum atomic E-state index is 12.2. The summed E-state index contributed by atoms with van der Waals surface area (Å²) in [6.45, 7) is 0. The third kappa shape index (κ3) is 4.88. The van der Waals surface area contributed by atoms with Gasteiger partial charge in [0.2, 0.25) is 11.9 Å². The highest BCUT2D eigenvalue weighted by molar-refractivity contribution is 5.89. The number of hydrogen-bond donors (Lipinski definition) is 2. The summed E-state index contributed by atoms with van der Waals surface area (Å²) in [5.74, 6) is -0.0126. The summed E-state index contributed by atoms with van der Waals surface area (Å²) in [6.07, 6.45) is 0.830. The van der Waals surface area contributed by atoms with Gasteiger partial charge in [-0.15, -0.1) is 5.10 Å². The summed E-state index contributed by atoms with van der Waals surface area (Å²) in [5, 5.41) is 21.1. The standard InChI is InChI=1S/C23H25N5O4/c1-32-17-12-10-16(11-13-17)19-14-18(15-6-3-2-4-7-15)24-23-26-22(27-28(19)23)25-20(29)8-5-9-21(30)31/h2-4,6-7,10-13,18-19H,5,8-9,14H2,1H3,(H,30,31)(H2,24,25,26,27,29)/p-1/t18-,19-/m0/s1. The molecule has 4 rings (SSSR count). The van der Waals surface area contributed by atoms with E-state index in [1.54, 1.807) is 11.8 Å². The van der Waals surface area contributed by atoms with Crippen LogP contribution in [0.5, 0.6) is 5.75 Å². The number of carboxylic acid groups (broad SMARTS) is 1. The average molecular weight is 434 g/mol. The van der Waals surface area contributed by atoms with Crippen LogP contribution < -0.4 is 20.5 Å². The zero-order chi connectivity index (χ0) is 22.5. The van der Waals surface area contributed by atoms with Crippen LogP contribution in [-0.4, -0.2) is 33.8 Å². The Bertz CT molecular complexity index is 1080. The molecule has 3 aromatic rings. The highest BCUT2D eigenvalue weighted by atomic mass is 16.5. The smallest absolute Gasteiger partial charge is 0.250 e. The van der Waals surface area contributed by atoms with Crippen molar-refractivity contribution >= 4 is 23.8 Å². The van der Waals surface area contributed by atoms with Gasteiger partial charge >= 0.3 is 0 Å². The lowest BCUT2D eigenvalue weighted by molar-refractivity contribution is -0.305. The van der Waals surface area contributed by atoms with Crippen molar-refractivity contribution in [3.8, 4) is 5.75 Å². The average Bonchev–Trinajstić information content (AvgIpc) is 3.21. The van der Waals surface area contributed by atoms with E-state index in [0.29, 0.717) is 5.95 Å². The van der Waals surface area contributed by atoms with Crippen LogP contribution in [0.3, 0.4) is 0 Å². The molecule has 1 aliphatic heterocycles. The highest BCUT2D eigenvalue weighted by Gasteiger charge is 2.31. The number of ether oxygens (including phenoxy) is 1. The van der Waals surface area contributed by atoms with E-state index >= 15 is 0 Å². The number of amides is 1. The fourth-order valence-corrected chi connectivity index (χ4v) is 3.82. The van der Waals surface area contributed by atoms with Crippen LogP contribution in [0.25, 0.3) is 0 Å². The lowest BCUT2D eigenvalue weighted by Crippen LogP contribution is -2.28. The quantitative estimate of drug-likeness (QED) is 0.558. The van der Waals surface area contributed by atoms with Gasteiger partial charge in [-0.25, -0.2) is 4.68 Å². The monoisotopic (exact) mass is 434 g/mol. The highest BCUT2D eigenvalue weighted by Crippen LogP contribution is 2.38. The molecule has 0 saturated carbocycles. The van der Waals surface area contributed by atoms with E-state index < -0.39 is 5.97 Å². The lowest BCUT2D eigenvalue weighted by Gasteiger charge is -2.31. The second-order valence-corrected chi connectivity index (χ2v) is 7.61. The third-order valence-electron chi connectivity index (χ3n) is 5.43. The number of fused-ring (bicyclic) bond motifs is 1. The molecular formula is C23H24N5O4-. The summed E-state index contributed by atoms with van der Waals surface area (Å²) in [5.41, 5.74) is 2.18. The first-order valence-corrected chi connectivity index (χ1v) is 10.4. The van der Waals surface area contributed by atoms with Gasteiger partial charge in [0, 0.05) is 12.4 Å². The fourth-order valence-electron chi connectivity index (χ4n) is 3.82. The van der Waals surface area contributed by atoms with Crippen molar-refractivity contribution in [3.63, 3.8) is 0 Å². The largest absolute Gasteiger partial charge is 0.550 e. The number of hydrogen-bond acceptors (Lipinski definition) is 7. The SMILES string of the molecule is COc1ccc([C@@H]2C[C@@H](c3ccccc3)Nc3nc(NC(=O)CCCC(=O)[O-])nn32)cc1. The molecule has 0 fully saturated rings. The summed E-state index contributed by atoms with van der Waals surface area (Å²) < 4.78 is 7.05. The molecule has 1 aliphatic rings. The molecule has 166 valence electrons. The molecule has 1 aromatic heterocycles. The van der Waals surface area contributed by atoms with Crippen LogP contribution in [0.1, 0.15) is 48.9 Å². The van der Waals surface area contributed by atoms with Gasteiger partial charge in [0.15, 0.2) is 0 Å². The van der Waals surface area contributed by atoms with Crippen LogP contribution in [-0.2, 0) is 9.59 Å². The normalized spacial score (nSPS) is 17.2. The van der Waals surface area contributed by atoms with Gasteiger partial charge in [-0.05, 0) is 42.5 Å². The molecule has 0 saturated heterocycles. The number of aromatic nitrogens is 3. The number of methoxy groups -OCH3 is 1. The number of nitrogens with one attached hydrogen (secondary N) is 2. The fraction of sp³-hybridized carbons (Fsp3) is 0.304. The molecular weight excluding hydrogens is 410 g/mol. The van der Waals surface area contributed by atoms with Crippen molar-refractivity contribution in [2.45, 2.75) is 37.8 Å². The predicted molar refractivity (Wildman–Crippen MR) is 116 cm³/mol. The Hall–Kier alpha value is -3.88. The first kappa shape index (κ1) is 21.4. The van der Waals surface area contributed by atoms with Crippen LogP contribution in [0.15, 0.2) is 54.6 Å². The van der Waals surface area contributed by atoms with Gasteiger partial charge in [-0.1, -0.05) is 42.5 Å². The Labute approximate surface area is 185 Å². The van der Waals surface area contributed by atoms with E-state index in [4.69, 9.17) is 4.74 Å². The Morgan fingerprint density at radius 2 is 1.88 bits per heavy atom. The Morgan fingerprint density at radius 3 is 2.56 bits per heavy atom. The van der Waals surface area contributed by atoms with Gasteiger partial charge in [0.1, 0.15) is 5.75 Å². The second kappa shape index (κ2) is 9.51. The molecule has 2 aromatic carbocycles. The van der Waals surface area contributed by atoms with Crippen molar-refractivity contribution in [1.29, 1.82) is 0 Å². The van der Waals surface area contributed by atoms with Crippen LogP contribution in [0.4, 0.5) is 11.9 Å². The number of carbonyl (C=O) groups is 2. The van der Waals surface area contributed by atoms with Gasteiger partial charge in [0.25, 0.3) is 5.95 Å². The molecule has 0 spiro atoms. The number of aliphatic carboxylic acids is 1. The van der Waals surface area contributed by atoms with Gasteiger partial charge in [0.05, 0.1) is 19.2 Å². The van der Waals surface area contributed by atoms with E-state index in [9.17, 15) is 14.7 Å². The minimum Gasteiger partial charge on any atom is -0.550 e. The maximum Gasteiger partial charge on any atom is 0.250 e. The van der Waals surface area contributed by atoms with Crippen LogP contribution >= 0.6 is 0 Å². The molecule has 2 heterocycles. The van der Waals surface area contributed by atoms with Gasteiger partial charge < -0.3 is 20.0 Å². The maximum absolute atomic E-state index is 12.2. The molecule has 1 amide bonds. The third-order valence-corrected chi connectivity index (χ3v) is 5.43. The zero-order valence-electron chi connectivity index (χ0n) is 17.7. The molecule has 0 radical (unpaired) electrons. The molecule has 2 atom stereocenters. The minimum atomic E-state index is -1.17. The minimum absolute atomic E-state index is 0.0200. The van der Waals surface area contributed by atoms with Crippen LogP contribution in [0.2, 0.25) is 0 Å². The van der Waals surface area contributed by atoms with Crippen molar-refractivity contribution in [2.75, 3.05) is 17.7 Å². The number of carboxylic acids is 1. The predicted octanol–water partition coefficient (Wildman–Crippen LogP) is 2.29. The summed E-state index contributed by atoms with van der Waals surface area (Å²) in [4.78, 5) is 27.2. The molecule has 0 aliphatic carbocycles. The molecule has 32 heavy (non-hydrogen) atoms. The van der Waals surface area contributed by atoms with Crippen molar-refractivity contribution in [3.05, 3.63) is 65.7 Å². The van der Waals surface area contributed by atoms with E-state index in [0.717, 1.165) is 23.3 Å². The van der Waals surface area contributed by atoms with E-state index in [2.05, 4.69) is 32.8 Å². The van der Waals surface area contributed by atoms with Crippen molar-refractivity contribution < 1.29 is 19.4 Å². The Morgan fingerprint density at radius 1 is 1.12 bits per heavy atom. The second-order valence-electron chi connectivity index (χ2n) is 7.61. The summed E-state index contributed by atoms with van der Waals surface area (Å²) in [6, 6.07) is 17.8. The molecule has 9 nitrogen and oxygen atoms in total. The molecule has 0 bridgehead atoms. The number of anilines is 2. The van der Waals surface area contributed by atoms with Crippen molar-refractivity contribution in [2.24, 2.45) is 0 Å². The number of nitrogens with zero attached hydrogens (tertiary/aromatic N) is 3. The number of carbonyl (C=O) groups excluding carboxylic acids is 2. The van der Waals surface area contributed by atoms with Gasteiger partial charge in [-0.3, -0.25) is 10.1 Å². The van der Waals surface area contributed by atoms with Crippen molar-refractivity contribution in [1.82, 2.24) is 14.8 Å². The van der Waals surface area contributed by atoms with E-state index in [1.165, 1.54) is 0 Å². The first-order chi connectivity index (χ1) is 15.5. The lowest BCUT2D eigenvalue weighted by atomic mass is 9.93. The number of benzene rings is 2. The Balaban J connectivity index is 1.59. The Kier molecular flexibility index (Phi) is 6.34. The molecule has 0 unspecified atom stereocenters. The zero-order valence-corrected chi connectivity index (χ0v) is 17.7. The van der Waals surface area contributed by atoms with Crippen LogP contribution in [0, 0.1) is 0 Å². The molecule has 2 N–H and O–H groups in total.